The lowest BCUT2D eigenvalue weighted by Crippen LogP contribution is -2.15. The van der Waals surface area contributed by atoms with E-state index in [1.807, 2.05) is 0 Å². The first kappa shape index (κ1) is 12.2. The summed E-state index contributed by atoms with van der Waals surface area (Å²) in [5.41, 5.74) is 1.17. The molecule has 19 heavy (non-hydrogen) atoms. The van der Waals surface area contributed by atoms with Gasteiger partial charge >= 0.3 is 0 Å². The first-order valence-electron chi connectivity index (χ1n) is 6.13. The van der Waals surface area contributed by atoms with E-state index < -0.39 is 0 Å². The molecule has 0 aromatic carbocycles. The normalized spacial score (nSPS) is 15.2. The average Bonchev–Trinajstić information content (AvgIpc) is 2.88. The van der Waals surface area contributed by atoms with E-state index in [1.165, 1.54) is 30.6 Å². The lowest BCUT2D eigenvalue weighted by atomic mass is 9.86. The standard InChI is InChI=1S/C11H13N5O2S/c1-6-8(16-18-15-6)5-9(17)12-11-14-13-10(19-11)7-3-2-4-7/h7H,2-5H2,1H3,(H,12,14,17). The van der Waals surface area contributed by atoms with Crippen molar-refractivity contribution >= 4 is 22.4 Å². The summed E-state index contributed by atoms with van der Waals surface area (Å²) in [6.07, 6.45) is 3.73. The molecule has 2 heterocycles. The Balaban J connectivity index is 1.60. The summed E-state index contributed by atoms with van der Waals surface area (Å²) in [5.74, 6) is 0.347. The number of nitrogens with zero attached hydrogens (tertiary/aromatic N) is 4. The van der Waals surface area contributed by atoms with Crippen LogP contribution >= 0.6 is 11.3 Å². The molecule has 0 atom stereocenters. The Morgan fingerprint density at radius 1 is 1.42 bits per heavy atom. The molecule has 0 unspecified atom stereocenters. The molecule has 100 valence electrons. The van der Waals surface area contributed by atoms with E-state index in [0.29, 0.717) is 22.4 Å². The topological polar surface area (TPSA) is 93.8 Å². The predicted octanol–water partition coefficient (Wildman–Crippen LogP) is 1.68. The molecule has 8 heteroatoms. The maximum absolute atomic E-state index is 11.8. The number of aryl methyl sites for hydroxylation is 1. The number of hydrogen-bond donors (Lipinski definition) is 1. The van der Waals surface area contributed by atoms with Crippen LogP contribution in [0.15, 0.2) is 4.63 Å². The van der Waals surface area contributed by atoms with Crippen LogP contribution in [0.5, 0.6) is 0 Å². The van der Waals surface area contributed by atoms with Crippen LogP contribution in [0.4, 0.5) is 5.13 Å². The van der Waals surface area contributed by atoms with Crippen LogP contribution in [-0.4, -0.2) is 26.4 Å². The average molecular weight is 279 g/mol. The molecule has 3 rings (SSSR count). The zero-order chi connectivity index (χ0) is 13.2. The lowest BCUT2D eigenvalue weighted by molar-refractivity contribution is -0.115. The Labute approximate surface area is 113 Å². The van der Waals surface area contributed by atoms with Crippen molar-refractivity contribution in [3.8, 4) is 0 Å². The van der Waals surface area contributed by atoms with Gasteiger partial charge in [0, 0.05) is 5.92 Å². The van der Waals surface area contributed by atoms with Gasteiger partial charge in [-0.3, -0.25) is 4.79 Å². The Kier molecular flexibility index (Phi) is 3.24. The number of aromatic nitrogens is 4. The van der Waals surface area contributed by atoms with E-state index >= 15 is 0 Å². The third kappa shape index (κ3) is 2.62. The van der Waals surface area contributed by atoms with Crippen LogP contribution in [0.2, 0.25) is 0 Å². The third-order valence-corrected chi connectivity index (χ3v) is 4.22. The van der Waals surface area contributed by atoms with Gasteiger partial charge in [-0.05, 0) is 19.8 Å². The first-order valence-corrected chi connectivity index (χ1v) is 6.95. The Morgan fingerprint density at radius 2 is 2.26 bits per heavy atom. The monoisotopic (exact) mass is 279 g/mol. The number of hydrogen-bond acceptors (Lipinski definition) is 7. The largest absolute Gasteiger partial charge is 0.300 e. The van der Waals surface area contributed by atoms with E-state index in [4.69, 9.17) is 0 Å². The van der Waals surface area contributed by atoms with Gasteiger partial charge in [-0.1, -0.05) is 28.1 Å². The summed E-state index contributed by atoms with van der Waals surface area (Å²) < 4.78 is 4.55. The highest BCUT2D eigenvalue weighted by atomic mass is 32.1. The molecule has 1 fully saturated rings. The molecular weight excluding hydrogens is 266 g/mol. The van der Waals surface area contributed by atoms with E-state index in [1.54, 1.807) is 6.92 Å². The summed E-state index contributed by atoms with van der Waals surface area (Å²) in [5, 5.41) is 19.7. The Hall–Kier alpha value is -1.83. The Bertz CT molecular complexity index is 589. The molecule has 0 saturated heterocycles. The molecule has 2 aromatic rings. The zero-order valence-electron chi connectivity index (χ0n) is 10.4. The number of anilines is 1. The minimum atomic E-state index is -0.185. The molecule has 0 spiro atoms. The second kappa shape index (κ2) is 5.04. The van der Waals surface area contributed by atoms with Crippen LogP contribution in [0.3, 0.4) is 0 Å². The van der Waals surface area contributed by atoms with Crippen molar-refractivity contribution in [2.45, 2.75) is 38.5 Å². The zero-order valence-corrected chi connectivity index (χ0v) is 11.2. The van der Waals surface area contributed by atoms with Crippen molar-refractivity contribution in [3.63, 3.8) is 0 Å². The fraction of sp³-hybridized carbons (Fsp3) is 0.545. The van der Waals surface area contributed by atoms with Crippen molar-refractivity contribution in [2.75, 3.05) is 5.32 Å². The molecule has 1 saturated carbocycles. The first-order chi connectivity index (χ1) is 9.22. The molecule has 1 amide bonds. The van der Waals surface area contributed by atoms with Gasteiger partial charge in [0.2, 0.25) is 11.0 Å². The van der Waals surface area contributed by atoms with E-state index in [9.17, 15) is 4.79 Å². The maximum atomic E-state index is 11.8. The van der Waals surface area contributed by atoms with Gasteiger partial charge in [0.15, 0.2) is 0 Å². The summed E-state index contributed by atoms with van der Waals surface area (Å²) in [4.78, 5) is 11.8. The summed E-state index contributed by atoms with van der Waals surface area (Å²) in [6, 6.07) is 0. The second-order valence-corrected chi connectivity index (χ2v) is 5.60. The summed E-state index contributed by atoms with van der Waals surface area (Å²) >= 11 is 1.45. The minimum absolute atomic E-state index is 0.133. The maximum Gasteiger partial charge on any atom is 0.232 e. The fourth-order valence-electron chi connectivity index (χ4n) is 1.83. The number of carbonyl (C=O) groups excluding carboxylic acids is 1. The molecule has 1 aliphatic rings. The molecule has 1 N–H and O–H groups in total. The van der Waals surface area contributed by atoms with Gasteiger partial charge in [-0.2, -0.15) is 0 Å². The smallest absolute Gasteiger partial charge is 0.232 e. The van der Waals surface area contributed by atoms with Crippen molar-refractivity contribution in [2.24, 2.45) is 0 Å². The van der Waals surface area contributed by atoms with Gasteiger partial charge in [0.05, 0.1) is 6.42 Å². The molecule has 1 aliphatic carbocycles. The van der Waals surface area contributed by atoms with E-state index in [0.717, 1.165) is 5.01 Å². The highest BCUT2D eigenvalue weighted by Gasteiger charge is 2.23. The molecule has 0 bridgehead atoms. The number of amides is 1. The minimum Gasteiger partial charge on any atom is -0.300 e. The van der Waals surface area contributed by atoms with Crippen LogP contribution in [0.1, 0.15) is 41.6 Å². The predicted molar refractivity (Wildman–Crippen MR) is 67.9 cm³/mol. The Morgan fingerprint density at radius 3 is 2.89 bits per heavy atom. The van der Waals surface area contributed by atoms with Crippen LogP contribution < -0.4 is 5.32 Å². The van der Waals surface area contributed by atoms with E-state index in [-0.39, 0.29) is 12.3 Å². The van der Waals surface area contributed by atoms with Gasteiger partial charge in [0.25, 0.3) is 0 Å². The van der Waals surface area contributed by atoms with Crippen molar-refractivity contribution in [3.05, 3.63) is 16.4 Å². The third-order valence-electron chi connectivity index (χ3n) is 3.22. The molecule has 0 radical (unpaired) electrons. The number of nitrogens with one attached hydrogen (secondary N) is 1. The quantitative estimate of drug-likeness (QED) is 0.915. The molecule has 2 aromatic heterocycles. The van der Waals surface area contributed by atoms with Gasteiger partial charge in [-0.15, -0.1) is 10.2 Å². The van der Waals surface area contributed by atoms with Gasteiger partial charge in [0.1, 0.15) is 16.4 Å². The van der Waals surface area contributed by atoms with Crippen LogP contribution in [0, 0.1) is 6.92 Å². The van der Waals surface area contributed by atoms with Crippen molar-refractivity contribution in [1.29, 1.82) is 0 Å². The molecule has 0 aliphatic heterocycles. The fourth-order valence-corrected chi connectivity index (χ4v) is 2.76. The van der Waals surface area contributed by atoms with Gasteiger partial charge < -0.3 is 5.32 Å². The van der Waals surface area contributed by atoms with Gasteiger partial charge in [-0.25, -0.2) is 4.63 Å². The lowest BCUT2D eigenvalue weighted by Gasteiger charge is -2.21. The van der Waals surface area contributed by atoms with Crippen molar-refractivity contribution < 1.29 is 9.42 Å². The van der Waals surface area contributed by atoms with Crippen molar-refractivity contribution in [1.82, 2.24) is 20.5 Å². The highest BCUT2D eigenvalue weighted by Crippen LogP contribution is 2.38. The van der Waals surface area contributed by atoms with Crippen LogP contribution in [-0.2, 0) is 11.2 Å². The highest BCUT2D eigenvalue weighted by molar-refractivity contribution is 7.15. The molecular formula is C11H13N5O2S. The van der Waals surface area contributed by atoms with E-state index in [2.05, 4.69) is 30.5 Å². The van der Waals surface area contributed by atoms with Crippen LogP contribution in [0.25, 0.3) is 0 Å². The summed E-state index contributed by atoms with van der Waals surface area (Å²) in [6.45, 7) is 1.75. The number of carbonyl (C=O) groups is 1. The second-order valence-electron chi connectivity index (χ2n) is 4.59. The molecule has 7 nitrogen and oxygen atoms in total. The number of rotatable bonds is 4. The summed E-state index contributed by atoms with van der Waals surface area (Å²) in [7, 11) is 0. The SMILES string of the molecule is Cc1nonc1CC(=O)Nc1nnc(C2CCC2)s1.